The average Bonchev–Trinajstić information content (AvgIpc) is 2.47. The van der Waals surface area contributed by atoms with Crippen molar-refractivity contribution in [3.8, 4) is 5.75 Å². The van der Waals surface area contributed by atoms with Gasteiger partial charge in [-0.25, -0.2) is 8.42 Å². The van der Waals surface area contributed by atoms with Crippen LogP contribution in [0.2, 0.25) is 0 Å². The lowest BCUT2D eigenvalue weighted by Crippen LogP contribution is -2.35. The van der Waals surface area contributed by atoms with E-state index in [1.165, 1.54) is 10.4 Å². The first-order chi connectivity index (χ1) is 10.00. The third-order valence-corrected chi connectivity index (χ3v) is 5.83. The van der Waals surface area contributed by atoms with Crippen molar-refractivity contribution in [2.75, 3.05) is 10.8 Å². The van der Waals surface area contributed by atoms with Gasteiger partial charge < -0.3 is 5.11 Å². The van der Waals surface area contributed by atoms with Gasteiger partial charge in [0.2, 0.25) is 0 Å². The van der Waals surface area contributed by atoms with Gasteiger partial charge in [0, 0.05) is 11.0 Å². The van der Waals surface area contributed by atoms with E-state index in [2.05, 4.69) is 15.9 Å². The molecular weight excluding hydrogens is 354 g/mol. The molecule has 110 valence electrons. The van der Waals surface area contributed by atoms with Crippen LogP contribution >= 0.6 is 15.9 Å². The summed E-state index contributed by atoms with van der Waals surface area (Å²) in [6.07, 6.45) is 1.51. The molecule has 2 aromatic carbocycles. The molecule has 4 nitrogen and oxygen atoms in total. The van der Waals surface area contributed by atoms with Crippen LogP contribution in [0.15, 0.2) is 51.8 Å². The molecule has 0 aromatic heterocycles. The quantitative estimate of drug-likeness (QED) is 0.885. The van der Waals surface area contributed by atoms with E-state index in [-0.39, 0.29) is 10.6 Å². The first-order valence-corrected chi connectivity index (χ1v) is 8.82. The number of fused-ring (bicyclic) bond motifs is 1. The second-order valence-electron chi connectivity index (χ2n) is 4.92. The number of hydrogen-bond acceptors (Lipinski definition) is 3. The zero-order valence-electron chi connectivity index (χ0n) is 11.2. The number of benzene rings is 2. The first kappa shape index (κ1) is 14.4. The number of nitrogens with zero attached hydrogens (tertiary/aromatic N) is 1. The van der Waals surface area contributed by atoms with Crippen LogP contribution in [0.5, 0.6) is 5.75 Å². The van der Waals surface area contributed by atoms with Crippen molar-refractivity contribution in [2.24, 2.45) is 0 Å². The predicted molar refractivity (Wildman–Crippen MR) is 85.1 cm³/mol. The van der Waals surface area contributed by atoms with Gasteiger partial charge in [0.05, 0.1) is 10.6 Å². The monoisotopic (exact) mass is 367 g/mol. The molecule has 0 unspecified atom stereocenters. The van der Waals surface area contributed by atoms with Gasteiger partial charge in [0.25, 0.3) is 10.0 Å². The zero-order valence-corrected chi connectivity index (χ0v) is 13.6. The number of halogens is 1. The van der Waals surface area contributed by atoms with E-state index in [4.69, 9.17) is 0 Å². The fourth-order valence-corrected chi connectivity index (χ4v) is 4.74. The number of phenolic OH excluding ortho intramolecular Hbond substituents is 1. The van der Waals surface area contributed by atoms with Gasteiger partial charge in [-0.15, -0.1) is 0 Å². The van der Waals surface area contributed by atoms with Crippen LogP contribution in [-0.4, -0.2) is 20.1 Å². The second-order valence-corrected chi connectivity index (χ2v) is 7.70. The predicted octanol–water partition coefficient (Wildman–Crippen LogP) is 3.30. The first-order valence-electron chi connectivity index (χ1n) is 6.59. The van der Waals surface area contributed by atoms with Crippen LogP contribution in [0, 0.1) is 0 Å². The Bertz CT molecular complexity index is 789. The molecule has 6 heteroatoms. The fraction of sp³-hybridized carbons (Fsp3) is 0.200. The van der Waals surface area contributed by atoms with Gasteiger partial charge in [0.15, 0.2) is 0 Å². The van der Waals surface area contributed by atoms with Crippen molar-refractivity contribution < 1.29 is 13.5 Å². The van der Waals surface area contributed by atoms with Crippen molar-refractivity contribution in [3.05, 3.63) is 52.5 Å². The van der Waals surface area contributed by atoms with Gasteiger partial charge in [-0.2, -0.15) is 0 Å². The van der Waals surface area contributed by atoms with Gasteiger partial charge in [-0.05, 0) is 42.7 Å². The third-order valence-electron chi connectivity index (χ3n) is 3.54. The molecule has 2 aromatic rings. The van der Waals surface area contributed by atoms with Crippen molar-refractivity contribution in [1.82, 2.24) is 0 Å². The Morgan fingerprint density at radius 1 is 1.14 bits per heavy atom. The summed E-state index contributed by atoms with van der Waals surface area (Å²) in [7, 11) is -3.68. The average molecular weight is 368 g/mol. The van der Waals surface area contributed by atoms with Crippen molar-refractivity contribution in [1.29, 1.82) is 0 Å². The van der Waals surface area contributed by atoms with Crippen molar-refractivity contribution in [2.45, 2.75) is 17.7 Å². The van der Waals surface area contributed by atoms with Crippen molar-refractivity contribution in [3.63, 3.8) is 0 Å². The zero-order chi connectivity index (χ0) is 15.0. The molecule has 21 heavy (non-hydrogen) atoms. The molecule has 1 aliphatic heterocycles. The minimum Gasteiger partial charge on any atom is -0.506 e. The number of sulfonamides is 1. The van der Waals surface area contributed by atoms with Crippen LogP contribution in [0.3, 0.4) is 0 Å². The van der Waals surface area contributed by atoms with E-state index < -0.39 is 10.0 Å². The van der Waals surface area contributed by atoms with Crippen LogP contribution in [0.25, 0.3) is 0 Å². The molecule has 0 saturated heterocycles. The maximum absolute atomic E-state index is 12.8. The summed E-state index contributed by atoms with van der Waals surface area (Å²) in [5, 5.41) is 10.1. The normalized spacial score (nSPS) is 14.8. The van der Waals surface area contributed by atoms with E-state index in [0.29, 0.717) is 16.7 Å². The topological polar surface area (TPSA) is 57.6 Å². The smallest absolute Gasteiger partial charge is 0.264 e. The molecule has 0 atom stereocenters. The summed E-state index contributed by atoms with van der Waals surface area (Å²) in [5.41, 5.74) is 1.27. The fourth-order valence-electron chi connectivity index (χ4n) is 2.59. The molecule has 3 rings (SSSR count). The van der Waals surface area contributed by atoms with Gasteiger partial charge in [0.1, 0.15) is 5.75 Å². The summed E-state index contributed by atoms with van der Waals surface area (Å²) < 4.78 is 27.7. The third kappa shape index (κ3) is 2.53. The highest BCUT2D eigenvalue weighted by Crippen LogP contribution is 2.38. The maximum Gasteiger partial charge on any atom is 0.264 e. The minimum absolute atomic E-state index is 0.00534. The highest BCUT2D eigenvalue weighted by Gasteiger charge is 2.31. The van der Waals surface area contributed by atoms with Gasteiger partial charge in [-0.1, -0.05) is 34.1 Å². The Morgan fingerprint density at radius 2 is 1.90 bits per heavy atom. The molecule has 0 bridgehead atoms. The van der Waals surface area contributed by atoms with Crippen molar-refractivity contribution >= 4 is 31.6 Å². The Morgan fingerprint density at radius 3 is 2.67 bits per heavy atom. The lowest BCUT2D eigenvalue weighted by molar-refractivity contribution is 0.472. The molecule has 1 N–H and O–H groups in total. The molecule has 0 amide bonds. The summed E-state index contributed by atoms with van der Waals surface area (Å²) in [6.45, 7) is 0.374. The lowest BCUT2D eigenvalue weighted by atomic mass is 10.0. The summed E-state index contributed by atoms with van der Waals surface area (Å²) in [4.78, 5) is 0.216. The molecule has 0 aliphatic carbocycles. The second kappa shape index (κ2) is 5.35. The highest BCUT2D eigenvalue weighted by atomic mass is 79.9. The van der Waals surface area contributed by atoms with Crippen LogP contribution < -0.4 is 4.31 Å². The number of hydrogen-bond donors (Lipinski definition) is 1. The number of para-hydroxylation sites is 1. The number of phenols is 1. The molecule has 0 spiro atoms. The summed E-state index contributed by atoms with van der Waals surface area (Å²) >= 11 is 3.29. The summed E-state index contributed by atoms with van der Waals surface area (Å²) in [5.74, 6) is 0.00534. The molecular formula is C15H14BrNO3S. The molecule has 0 saturated carbocycles. The molecule has 0 fully saturated rings. The molecule has 0 radical (unpaired) electrons. The Hall–Kier alpha value is -1.53. The summed E-state index contributed by atoms with van der Waals surface area (Å²) in [6, 6.07) is 11.7. The maximum atomic E-state index is 12.8. The Kier molecular flexibility index (Phi) is 3.67. The largest absolute Gasteiger partial charge is 0.506 e. The SMILES string of the molecule is O=S(=O)(c1cccc(Br)c1)N1CCCc2cccc(O)c21. The van der Waals surface area contributed by atoms with E-state index >= 15 is 0 Å². The van der Waals surface area contributed by atoms with E-state index in [9.17, 15) is 13.5 Å². The van der Waals surface area contributed by atoms with E-state index in [1.807, 2.05) is 6.07 Å². The van der Waals surface area contributed by atoms with E-state index in [1.54, 1.807) is 30.3 Å². The number of aryl methyl sites for hydroxylation is 1. The van der Waals surface area contributed by atoms with Crippen LogP contribution in [0.4, 0.5) is 5.69 Å². The number of anilines is 1. The Balaban J connectivity index is 2.14. The van der Waals surface area contributed by atoms with E-state index in [0.717, 1.165) is 18.4 Å². The minimum atomic E-state index is -3.68. The van der Waals surface area contributed by atoms with Gasteiger partial charge in [-0.3, -0.25) is 4.31 Å². The van der Waals surface area contributed by atoms with Crippen LogP contribution in [-0.2, 0) is 16.4 Å². The number of rotatable bonds is 2. The molecule has 1 aliphatic rings. The lowest BCUT2D eigenvalue weighted by Gasteiger charge is -2.31. The Labute approximate surface area is 132 Å². The number of aromatic hydroxyl groups is 1. The standard InChI is InChI=1S/C15H14BrNO3S/c16-12-6-2-7-13(10-12)21(19,20)17-9-3-5-11-4-1-8-14(18)15(11)17/h1-2,4,6-8,10,18H,3,5,9H2. The van der Waals surface area contributed by atoms with Crippen LogP contribution in [0.1, 0.15) is 12.0 Å². The highest BCUT2D eigenvalue weighted by molar-refractivity contribution is 9.10. The molecule has 1 heterocycles. The van der Waals surface area contributed by atoms with Gasteiger partial charge >= 0.3 is 0 Å².